The summed E-state index contributed by atoms with van der Waals surface area (Å²) in [7, 11) is 1.68. The van der Waals surface area contributed by atoms with Crippen molar-refractivity contribution in [1.82, 2.24) is 14.5 Å². The predicted molar refractivity (Wildman–Crippen MR) is 113 cm³/mol. The molecule has 1 aliphatic rings. The van der Waals surface area contributed by atoms with Crippen LogP contribution in [-0.4, -0.2) is 21.6 Å². The van der Waals surface area contributed by atoms with Crippen molar-refractivity contribution in [3.63, 3.8) is 0 Å². The smallest absolute Gasteiger partial charge is 0.198 e. The topological polar surface area (TPSA) is 65.1 Å². The van der Waals surface area contributed by atoms with Gasteiger partial charge in [0, 0.05) is 23.9 Å². The Hall–Kier alpha value is -3.28. The van der Waals surface area contributed by atoms with Crippen molar-refractivity contribution in [1.29, 1.82) is 0 Å². The van der Waals surface area contributed by atoms with E-state index in [9.17, 15) is 0 Å². The summed E-state index contributed by atoms with van der Waals surface area (Å²) in [6, 6.07) is 12.1. The zero-order chi connectivity index (χ0) is 19.8. The highest BCUT2D eigenvalue weighted by atomic mass is 16.5. The van der Waals surface area contributed by atoms with Crippen molar-refractivity contribution < 1.29 is 9.15 Å². The maximum absolute atomic E-state index is 6.07. The molecule has 0 amide bonds. The number of fused-ring (bicyclic) bond motifs is 1. The number of methoxy groups -OCH3 is 1. The van der Waals surface area contributed by atoms with Crippen LogP contribution >= 0.6 is 0 Å². The normalized spacial score (nSPS) is 14.6. The molecular weight excluding hydrogens is 364 g/mol. The highest BCUT2D eigenvalue weighted by Gasteiger charge is 2.23. The summed E-state index contributed by atoms with van der Waals surface area (Å²) >= 11 is 0. The van der Waals surface area contributed by atoms with Crippen molar-refractivity contribution in [3.8, 4) is 11.4 Å². The van der Waals surface area contributed by atoms with Crippen LogP contribution in [-0.2, 0) is 0 Å². The van der Waals surface area contributed by atoms with E-state index in [0.717, 1.165) is 45.5 Å². The number of hydrogen-bond donors (Lipinski definition) is 1. The Balaban J connectivity index is 1.47. The quantitative estimate of drug-likeness (QED) is 0.473. The van der Waals surface area contributed by atoms with E-state index in [1.165, 1.54) is 25.7 Å². The standard InChI is InChI=1S/C23H24N4O2/c1-15-13-27(14-24-15)19-11-10-17(12-21(19)28-2)25-18-8-5-9-20-22(18)26-23(29-20)16-6-3-4-7-16/h5,8-14,16,25H,3-4,6-7H2,1-2H3. The van der Waals surface area contributed by atoms with Crippen molar-refractivity contribution in [2.24, 2.45) is 0 Å². The maximum Gasteiger partial charge on any atom is 0.198 e. The molecule has 0 atom stereocenters. The zero-order valence-electron chi connectivity index (χ0n) is 16.7. The van der Waals surface area contributed by atoms with E-state index in [1.807, 2.05) is 54.1 Å². The fourth-order valence-electron chi connectivity index (χ4n) is 4.09. The Kier molecular flexibility index (Phi) is 4.46. The minimum absolute atomic E-state index is 0.452. The van der Waals surface area contributed by atoms with Gasteiger partial charge in [-0.3, -0.25) is 0 Å². The minimum atomic E-state index is 0.452. The van der Waals surface area contributed by atoms with Gasteiger partial charge < -0.3 is 19.0 Å². The molecule has 2 heterocycles. The van der Waals surface area contributed by atoms with Gasteiger partial charge in [-0.15, -0.1) is 0 Å². The first kappa shape index (κ1) is 17.8. The number of rotatable bonds is 5. The molecule has 1 fully saturated rings. The molecule has 1 saturated carbocycles. The summed E-state index contributed by atoms with van der Waals surface area (Å²) in [5.41, 5.74) is 5.48. The van der Waals surface area contributed by atoms with Crippen LogP contribution in [0.5, 0.6) is 5.75 Å². The first-order valence-corrected chi connectivity index (χ1v) is 10.1. The lowest BCUT2D eigenvalue weighted by Gasteiger charge is -2.13. The van der Waals surface area contributed by atoms with Gasteiger partial charge in [-0.2, -0.15) is 0 Å². The highest BCUT2D eigenvalue weighted by Crippen LogP contribution is 2.37. The Morgan fingerprint density at radius 3 is 2.79 bits per heavy atom. The Morgan fingerprint density at radius 2 is 2.03 bits per heavy atom. The number of aryl methyl sites for hydroxylation is 1. The SMILES string of the molecule is COc1cc(Nc2cccc3oc(C4CCCC4)nc23)ccc1-n1cnc(C)c1. The monoisotopic (exact) mass is 388 g/mol. The van der Waals surface area contributed by atoms with Gasteiger partial charge in [-0.1, -0.05) is 18.9 Å². The van der Waals surface area contributed by atoms with Crippen LogP contribution < -0.4 is 10.1 Å². The fraction of sp³-hybridized carbons (Fsp3) is 0.304. The Labute approximate surface area is 169 Å². The molecule has 0 bridgehead atoms. The number of aromatic nitrogens is 3. The zero-order valence-corrected chi connectivity index (χ0v) is 16.7. The van der Waals surface area contributed by atoms with Crippen LogP contribution in [0.15, 0.2) is 53.3 Å². The first-order chi connectivity index (χ1) is 14.2. The van der Waals surface area contributed by atoms with E-state index in [-0.39, 0.29) is 0 Å². The van der Waals surface area contributed by atoms with Crippen LogP contribution in [0.3, 0.4) is 0 Å². The summed E-state index contributed by atoms with van der Waals surface area (Å²) < 4.78 is 13.7. The van der Waals surface area contributed by atoms with E-state index < -0.39 is 0 Å². The molecule has 0 unspecified atom stereocenters. The van der Waals surface area contributed by atoms with Crippen molar-refractivity contribution in [2.45, 2.75) is 38.5 Å². The average Bonchev–Trinajstić information content (AvgIpc) is 3.48. The average molecular weight is 388 g/mol. The molecule has 148 valence electrons. The molecule has 2 aromatic carbocycles. The number of para-hydroxylation sites is 1. The summed E-state index contributed by atoms with van der Waals surface area (Å²) in [6.07, 6.45) is 8.63. The number of oxazole rings is 1. The molecule has 6 heteroatoms. The van der Waals surface area contributed by atoms with Crippen molar-refractivity contribution in [2.75, 3.05) is 12.4 Å². The number of hydrogen-bond acceptors (Lipinski definition) is 5. The van der Waals surface area contributed by atoms with E-state index in [1.54, 1.807) is 13.4 Å². The number of benzene rings is 2. The van der Waals surface area contributed by atoms with E-state index >= 15 is 0 Å². The molecule has 1 aliphatic carbocycles. The number of nitrogens with zero attached hydrogens (tertiary/aromatic N) is 3. The Bertz CT molecular complexity index is 1150. The third-order valence-electron chi connectivity index (χ3n) is 5.59. The second-order valence-corrected chi connectivity index (χ2v) is 7.62. The third-order valence-corrected chi connectivity index (χ3v) is 5.59. The fourth-order valence-corrected chi connectivity index (χ4v) is 4.09. The van der Waals surface area contributed by atoms with Gasteiger partial charge in [0.2, 0.25) is 0 Å². The number of imidazole rings is 1. The van der Waals surface area contributed by atoms with E-state index in [0.29, 0.717) is 5.92 Å². The molecular formula is C23H24N4O2. The van der Waals surface area contributed by atoms with Crippen molar-refractivity contribution >= 4 is 22.5 Å². The molecule has 1 N–H and O–H groups in total. The van der Waals surface area contributed by atoms with Crippen LogP contribution in [0, 0.1) is 6.92 Å². The molecule has 4 aromatic rings. The van der Waals surface area contributed by atoms with E-state index in [4.69, 9.17) is 14.1 Å². The van der Waals surface area contributed by atoms with Gasteiger partial charge in [0.15, 0.2) is 11.5 Å². The summed E-state index contributed by atoms with van der Waals surface area (Å²) in [6.45, 7) is 1.97. The lowest BCUT2D eigenvalue weighted by molar-refractivity contribution is 0.413. The molecule has 0 aliphatic heterocycles. The molecule has 0 spiro atoms. The number of nitrogens with one attached hydrogen (secondary N) is 1. The lowest BCUT2D eigenvalue weighted by Crippen LogP contribution is -1.98. The molecule has 5 rings (SSSR count). The molecule has 0 radical (unpaired) electrons. The lowest BCUT2D eigenvalue weighted by atomic mass is 10.1. The van der Waals surface area contributed by atoms with Gasteiger partial charge in [-0.05, 0) is 44.0 Å². The molecule has 0 saturated heterocycles. The van der Waals surface area contributed by atoms with Gasteiger partial charge >= 0.3 is 0 Å². The molecule has 2 aromatic heterocycles. The van der Waals surface area contributed by atoms with Gasteiger partial charge in [0.1, 0.15) is 11.3 Å². The summed E-state index contributed by atoms with van der Waals surface area (Å²) in [5.74, 6) is 2.09. The van der Waals surface area contributed by atoms with E-state index in [2.05, 4.69) is 10.3 Å². The van der Waals surface area contributed by atoms with Gasteiger partial charge in [0.25, 0.3) is 0 Å². The minimum Gasteiger partial charge on any atom is -0.494 e. The third kappa shape index (κ3) is 3.35. The highest BCUT2D eigenvalue weighted by molar-refractivity contribution is 5.89. The number of ether oxygens (including phenoxy) is 1. The second kappa shape index (κ2) is 7.28. The van der Waals surface area contributed by atoms with Crippen LogP contribution in [0.2, 0.25) is 0 Å². The summed E-state index contributed by atoms with van der Waals surface area (Å²) in [5, 5.41) is 3.48. The maximum atomic E-state index is 6.07. The Morgan fingerprint density at radius 1 is 1.17 bits per heavy atom. The van der Waals surface area contributed by atoms with Gasteiger partial charge in [-0.25, -0.2) is 9.97 Å². The van der Waals surface area contributed by atoms with Crippen LogP contribution in [0.1, 0.15) is 43.2 Å². The largest absolute Gasteiger partial charge is 0.494 e. The molecule has 6 nitrogen and oxygen atoms in total. The van der Waals surface area contributed by atoms with Crippen LogP contribution in [0.25, 0.3) is 16.8 Å². The first-order valence-electron chi connectivity index (χ1n) is 10.1. The van der Waals surface area contributed by atoms with Gasteiger partial charge in [0.05, 0.1) is 30.5 Å². The predicted octanol–water partition coefficient (Wildman–Crippen LogP) is 5.73. The number of anilines is 2. The second-order valence-electron chi connectivity index (χ2n) is 7.62. The van der Waals surface area contributed by atoms with Crippen LogP contribution in [0.4, 0.5) is 11.4 Å². The molecule has 29 heavy (non-hydrogen) atoms. The van der Waals surface area contributed by atoms with Crippen molar-refractivity contribution in [3.05, 3.63) is 60.5 Å². The summed E-state index contributed by atoms with van der Waals surface area (Å²) in [4.78, 5) is 9.13.